The average molecular weight is 410 g/mol. The van der Waals surface area contributed by atoms with Gasteiger partial charge in [-0.25, -0.2) is 0 Å². The maximum atomic E-state index is 6.41. The normalized spacial score (nSPS) is 17.6. The third-order valence-corrected chi connectivity index (χ3v) is 5.97. The lowest BCUT2D eigenvalue weighted by Gasteiger charge is -2.37. The van der Waals surface area contributed by atoms with Crippen molar-refractivity contribution < 1.29 is 22.9 Å². The van der Waals surface area contributed by atoms with Gasteiger partial charge in [0, 0.05) is 7.11 Å². The van der Waals surface area contributed by atoms with Gasteiger partial charge in [-0.05, 0) is 58.9 Å². The molecule has 150 valence electrons. The predicted octanol–water partition coefficient (Wildman–Crippen LogP) is 3.93. The van der Waals surface area contributed by atoms with Gasteiger partial charge in [0.15, 0.2) is 25.0 Å². The Morgan fingerprint density at radius 3 is 1.68 bits per heavy atom. The number of hydrogen-bond acceptors (Lipinski definition) is 6. The monoisotopic (exact) mass is 409 g/mol. The van der Waals surface area contributed by atoms with E-state index in [-0.39, 0.29) is 18.3 Å². The molecule has 0 rings (SSSR count). The van der Waals surface area contributed by atoms with Gasteiger partial charge in [-0.1, -0.05) is 5.16 Å². The molecule has 0 radical (unpaired) electrons. The first-order valence-electron chi connectivity index (χ1n) is 8.77. The summed E-state index contributed by atoms with van der Waals surface area (Å²) < 4.78 is 24.7. The maximum absolute atomic E-state index is 6.41. The Bertz CT molecular complexity index is 402. The van der Waals surface area contributed by atoms with Crippen LogP contribution in [0.4, 0.5) is 0 Å². The summed E-state index contributed by atoms with van der Waals surface area (Å²) in [5, 5.41) is 3.93. The van der Waals surface area contributed by atoms with Crippen molar-refractivity contribution in [2.24, 2.45) is 5.16 Å². The summed E-state index contributed by atoms with van der Waals surface area (Å²) in [7, 11) is -2.08. The summed E-state index contributed by atoms with van der Waals surface area (Å²) in [5.41, 5.74) is 0. The first kappa shape index (κ1) is 25.0. The Balaban J connectivity index is 5.53. The minimum absolute atomic E-state index is 0.215. The van der Waals surface area contributed by atoms with Crippen LogP contribution in [-0.2, 0) is 22.9 Å². The number of hydrogen-bond donors (Lipinski definition) is 0. The van der Waals surface area contributed by atoms with E-state index in [2.05, 4.69) is 64.1 Å². The fourth-order valence-corrected chi connectivity index (χ4v) is 4.98. The van der Waals surface area contributed by atoms with Crippen LogP contribution in [0.25, 0.3) is 0 Å². The minimum atomic E-state index is -1.82. The highest BCUT2D eigenvalue weighted by Crippen LogP contribution is 2.20. The first-order chi connectivity index (χ1) is 11.2. The molecule has 0 saturated heterocycles. The van der Waals surface area contributed by atoms with Crippen LogP contribution in [0.3, 0.4) is 0 Å². The van der Waals surface area contributed by atoms with Crippen molar-refractivity contribution >= 4 is 31.2 Å². The highest BCUT2D eigenvalue weighted by molar-refractivity contribution is 6.70. The molecule has 3 unspecified atom stereocenters. The lowest BCUT2D eigenvalue weighted by atomic mass is 10.1. The molecule has 0 bridgehead atoms. The number of nitrogens with zero attached hydrogens (tertiary/aromatic N) is 1. The molecule has 0 aromatic rings. The fraction of sp³-hybridized carbons (Fsp3) is 0.938. The molecule has 3 atom stereocenters. The molecule has 0 aliphatic rings. The molecule has 0 heterocycles. The summed E-state index contributed by atoms with van der Waals surface area (Å²) >= 11 is 0. The van der Waals surface area contributed by atoms with E-state index < -0.39 is 25.0 Å². The van der Waals surface area contributed by atoms with Crippen LogP contribution < -0.4 is 0 Å². The van der Waals surface area contributed by atoms with Gasteiger partial charge in [0.2, 0.25) is 0 Å². The van der Waals surface area contributed by atoms with Gasteiger partial charge in [-0.3, -0.25) is 0 Å². The van der Waals surface area contributed by atoms with Gasteiger partial charge < -0.3 is 22.9 Å². The summed E-state index contributed by atoms with van der Waals surface area (Å²) in [6, 6.07) is 0. The molecule has 0 saturated carbocycles. The van der Waals surface area contributed by atoms with Crippen molar-refractivity contribution in [1.29, 1.82) is 0 Å². The van der Waals surface area contributed by atoms with E-state index in [1.54, 1.807) is 13.3 Å². The van der Waals surface area contributed by atoms with Crippen LogP contribution in [0.5, 0.6) is 0 Å². The third-order valence-electron chi connectivity index (χ3n) is 2.95. The van der Waals surface area contributed by atoms with E-state index in [9.17, 15) is 0 Å². The zero-order valence-electron chi connectivity index (χ0n) is 18.0. The van der Waals surface area contributed by atoms with Crippen molar-refractivity contribution in [3.63, 3.8) is 0 Å². The van der Waals surface area contributed by atoms with Crippen LogP contribution in [0, 0.1) is 0 Å². The number of rotatable bonds is 12. The van der Waals surface area contributed by atoms with E-state index in [4.69, 9.17) is 22.9 Å². The number of methoxy groups -OCH3 is 1. The molecule has 0 aromatic carbocycles. The van der Waals surface area contributed by atoms with Crippen molar-refractivity contribution in [2.45, 2.75) is 77.2 Å². The Labute approximate surface area is 157 Å². The summed E-state index contributed by atoms with van der Waals surface area (Å²) in [5.74, 6) is 0. The van der Waals surface area contributed by atoms with Gasteiger partial charge in [0.05, 0.1) is 18.9 Å². The number of ether oxygens (including phenoxy) is 1. The quantitative estimate of drug-likeness (QED) is 0.278. The largest absolute Gasteiger partial charge is 0.415 e. The second kappa shape index (κ2) is 10.3. The Kier molecular flexibility index (Phi) is 10.3. The molecule has 0 aromatic heterocycles. The molecule has 0 spiro atoms. The molecule has 0 N–H and O–H groups in total. The highest BCUT2D eigenvalue weighted by Gasteiger charge is 2.37. The molecule has 9 heteroatoms. The molecule has 0 aliphatic heterocycles. The van der Waals surface area contributed by atoms with Gasteiger partial charge >= 0.3 is 0 Å². The zero-order valence-corrected chi connectivity index (χ0v) is 21.0. The summed E-state index contributed by atoms with van der Waals surface area (Å²) in [6.07, 6.45) is 0.798. The standard InChI is InChI=1S/C16H39NO5Si3/c1-18-16(14(12-17-19-2)21-24(6,7)8)15(22-25(9,10)11)13-20-23(3,4)5/h12,14-16H,13H2,1-11H3. The smallest absolute Gasteiger partial charge is 0.184 e. The molecule has 0 aliphatic carbocycles. The molecule has 0 fully saturated rings. The minimum Gasteiger partial charge on any atom is -0.415 e. The second-order valence-corrected chi connectivity index (χ2v) is 22.5. The van der Waals surface area contributed by atoms with Crippen LogP contribution >= 0.6 is 0 Å². The lowest BCUT2D eigenvalue weighted by Crippen LogP contribution is -2.52. The third kappa shape index (κ3) is 12.9. The molecular weight excluding hydrogens is 370 g/mol. The Morgan fingerprint density at radius 1 is 0.800 bits per heavy atom. The van der Waals surface area contributed by atoms with Crippen LogP contribution in [0.1, 0.15) is 0 Å². The van der Waals surface area contributed by atoms with Gasteiger partial charge in [0.25, 0.3) is 0 Å². The highest BCUT2D eigenvalue weighted by atomic mass is 28.4. The SMILES string of the molecule is CON=CC(O[Si](C)(C)C)C(OC)C(CO[Si](C)(C)C)O[Si](C)(C)C. The molecule has 6 nitrogen and oxygen atoms in total. The number of oxime groups is 1. The first-order valence-corrected chi connectivity index (χ1v) is 19.0. The van der Waals surface area contributed by atoms with E-state index >= 15 is 0 Å². The van der Waals surface area contributed by atoms with Gasteiger partial charge in [-0.15, -0.1) is 0 Å². The van der Waals surface area contributed by atoms with Crippen molar-refractivity contribution in [1.82, 2.24) is 0 Å². The van der Waals surface area contributed by atoms with E-state index in [1.807, 2.05) is 0 Å². The molecule has 0 amide bonds. The van der Waals surface area contributed by atoms with Crippen molar-refractivity contribution in [2.75, 3.05) is 20.8 Å². The van der Waals surface area contributed by atoms with Gasteiger partial charge in [-0.2, -0.15) is 0 Å². The fourth-order valence-electron chi connectivity index (χ4n) is 2.19. The van der Waals surface area contributed by atoms with Gasteiger partial charge in [0.1, 0.15) is 19.3 Å². The summed E-state index contributed by atoms with van der Waals surface area (Å²) in [6.45, 7) is 19.9. The lowest BCUT2D eigenvalue weighted by molar-refractivity contribution is -0.0612. The summed E-state index contributed by atoms with van der Waals surface area (Å²) in [4.78, 5) is 4.87. The van der Waals surface area contributed by atoms with E-state index in [0.29, 0.717) is 6.61 Å². The van der Waals surface area contributed by atoms with Crippen LogP contribution in [-0.4, -0.2) is 70.3 Å². The molecule has 25 heavy (non-hydrogen) atoms. The Morgan fingerprint density at radius 2 is 1.32 bits per heavy atom. The van der Waals surface area contributed by atoms with Crippen molar-refractivity contribution in [3.05, 3.63) is 0 Å². The average Bonchev–Trinajstić information content (AvgIpc) is 2.38. The zero-order chi connectivity index (χ0) is 19.9. The van der Waals surface area contributed by atoms with E-state index in [0.717, 1.165) is 0 Å². The Hall–Kier alpha value is -0.0394. The molecular formula is C16H39NO5Si3. The topological polar surface area (TPSA) is 58.5 Å². The maximum Gasteiger partial charge on any atom is 0.184 e. The van der Waals surface area contributed by atoms with Crippen LogP contribution in [0.2, 0.25) is 58.9 Å². The second-order valence-electron chi connectivity index (χ2n) is 9.02. The van der Waals surface area contributed by atoms with E-state index in [1.165, 1.54) is 7.11 Å². The van der Waals surface area contributed by atoms with Crippen molar-refractivity contribution in [3.8, 4) is 0 Å². The van der Waals surface area contributed by atoms with Crippen LogP contribution in [0.15, 0.2) is 5.16 Å². The predicted molar refractivity (Wildman–Crippen MR) is 112 cm³/mol.